The lowest BCUT2D eigenvalue weighted by Gasteiger charge is -2.12. The molecule has 2 aliphatic rings. The predicted octanol–water partition coefficient (Wildman–Crippen LogP) is 1.29. The molecule has 20 heavy (non-hydrogen) atoms. The van der Waals surface area contributed by atoms with Gasteiger partial charge in [-0.1, -0.05) is 0 Å². The van der Waals surface area contributed by atoms with Crippen molar-refractivity contribution in [2.75, 3.05) is 23.4 Å². The second-order valence-electron chi connectivity index (χ2n) is 5.61. The van der Waals surface area contributed by atoms with Crippen LogP contribution in [0.1, 0.15) is 29.7 Å². The van der Waals surface area contributed by atoms with Gasteiger partial charge in [-0.25, -0.2) is 13.4 Å². The molecule has 1 aliphatic heterocycles. The zero-order valence-corrected chi connectivity index (χ0v) is 12.0. The van der Waals surface area contributed by atoms with E-state index in [1.54, 1.807) is 0 Å². The van der Waals surface area contributed by atoms with Crippen LogP contribution in [0.2, 0.25) is 0 Å². The first-order chi connectivity index (χ1) is 9.57. The van der Waals surface area contributed by atoms with Gasteiger partial charge in [-0.2, -0.15) is 5.26 Å². The van der Waals surface area contributed by atoms with Gasteiger partial charge in [-0.15, -0.1) is 0 Å². The van der Waals surface area contributed by atoms with Crippen molar-refractivity contribution < 1.29 is 8.42 Å². The molecule has 0 radical (unpaired) electrons. The first kappa shape index (κ1) is 13.4. The quantitative estimate of drug-likeness (QED) is 0.907. The van der Waals surface area contributed by atoms with Crippen molar-refractivity contribution in [3.05, 3.63) is 22.9 Å². The number of aryl methyl sites for hydroxylation is 2. The summed E-state index contributed by atoms with van der Waals surface area (Å²) in [5, 5.41) is 12.4. The van der Waals surface area contributed by atoms with Crippen LogP contribution in [0.4, 0.5) is 5.82 Å². The second kappa shape index (κ2) is 5.06. The smallest absolute Gasteiger partial charge is 0.150 e. The topological polar surface area (TPSA) is 82.8 Å². The molecule has 0 aromatic carbocycles. The van der Waals surface area contributed by atoms with Crippen LogP contribution in [-0.2, 0) is 22.7 Å². The fraction of sp³-hybridized carbons (Fsp3) is 0.571. The minimum absolute atomic E-state index is 0.126. The van der Waals surface area contributed by atoms with E-state index in [4.69, 9.17) is 0 Å². The van der Waals surface area contributed by atoms with Gasteiger partial charge in [-0.05, 0) is 43.2 Å². The fourth-order valence-electron chi connectivity index (χ4n) is 2.97. The van der Waals surface area contributed by atoms with Crippen LogP contribution in [0.5, 0.6) is 0 Å². The average molecular weight is 291 g/mol. The summed E-state index contributed by atoms with van der Waals surface area (Å²) in [6.07, 6.45) is 3.76. The highest BCUT2D eigenvalue weighted by atomic mass is 32.2. The molecule has 2 heterocycles. The summed E-state index contributed by atoms with van der Waals surface area (Å²) >= 11 is 0. The highest BCUT2D eigenvalue weighted by Crippen LogP contribution is 2.26. The molecule has 6 heteroatoms. The molecule has 0 saturated carbocycles. The van der Waals surface area contributed by atoms with Crippen molar-refractivity contribution in [3.8, 4) is 6.07 Å². The lowest BCUT2D eigenvalue weighted by atomic mass is 10.1. The molecule has 5 nitrogen and oxygen atoms in total. The highest BCUT2D eigenvalue weighted by molar-refractivity contribution is 7.91. The van der Waals surface area contributed by atoms with Crippen LogP contribution >= 0.6 is 0 Å². The average Bonchev–Trinajstić information content (AvgIpc) is 3.00. The Bertz CT molecular complexity index is 676. The van der Waals surface area contributed by atoms with Crippen molar-refractivity contribution in [2.45, 2.75) is 25.7 Å². The molecule has 1 unspecified atom stereocenters. The Morgan fingerprint density at radius 3 is 3.00 bits per heavy atom. The first-order valence-corrected chi connectivity index (χ1v) is 8.77. The van der Waals surface area contributed by atoms with Gasteiger partial charge in [0.25, 0.3) is 0 Å². The number of nitrogens with one attached hydrogen (secondary N) is 1. The number of sulfone groups is 1. The van der Waals surface area contributed by atoms with Crippen LogP contribution in [-0.4, -0.2) is 31.5 Å². The monoisotopic (exact) mass is 291 g/mol. The van der Waals surface area contributed by atoms with Crippen molar-refractivity contribution in [1.29, 1.82) is 5.26 Å². The molecule has 0 spiro atoms. The Labute approximate surface area is 118 Å². The predicted molar refractivity (Wildman–Crippen MR) is 76.2 cm³/mol. The molecular weight excluding hydrogens is 274 g/mol. The highest BCUT2D eigenvalue weighted by Gasteiger charge is 2.28. The maximum atomic E-state index is 11.4. The zero-order chi connectivity index (χ0) is 14.2. The zero-order valence-electron chi connectivity index (χ0n) is 11.2. The number of fused-ring (bicyclic) bond motifs is 1. The molecule has 1 atom stereocenters. The Kier molecular flexibility index (Phi) is 3.38. The van der Waals surface area contributed by atoms with E-state index in [1.807, 2.05) is 6.07 Å². The minimum atomic E-state index is -2.85. The van der Waals surface area contributed by atoms with Gasteiger partial charge in [-0.3, -0.25) is 0 Å². The molecule has 1 aromatic rings. The maximum Gasteiger partial charge on any atom is 0.150 e. The van der Waals surface area contributed by atoms with E-state index in [0.717, 1.165) is 25.0 Å². The van der Waals surface area contributed by atoms with Crippen molar-refractivity contribution in [2.24, 2.45) is 5.92 Å². The van der Waals surface area contributed by atoms with Gasteiger partial charge in [0.2, 0.25) is 0 Å². The van der Waals surface area contributed by atoms with Crippen molar-refractivity contribution in [1.82, 2.24) is 4.98 Å². The minimum Gasteiger partial charge on any atom is -0.369 e. The van der Waals surface area contributed by atoms with Crippen LogP contribution in [0, 0.1) is 17.2 Å². The number of nitrogens with zero attached hydrogens (tertiary/aromatic N) is 2. The van der Waals surface area contributed by atoms with Crippen LogP contribution in [0.15, 0.2) is 6.07 Å². The third kappa shape index (κ3) is 2.63. The Hall–Kier alpha value is -1.61. The largest absolute Gasteiger partial charge is 0.369 e. The molecule has 106 valence electrons. The molecule has 1 aliphatic carbocycles. The van der Waals surface area contributed by atoms with Crippen LogP contribution in [0.3, 0.4) is 0 Å². The first-order valence-electron chi connectivity index (χ1n) is 6.94. The van der Waals surface area contributed by atoms with Gasteiger partial charge >= 0.3 is 0 Å². The van der Waals surface area contributed by atoms with Gasteiger partial charge in [0.15, 0.2) is 9.84 Å². The third-order valence-corrected chi connectivity index (χ3v) is 5.89. The van der Waals surface area contributed by atoms with Crippen molar-refractivity contribution in [3.63, 3.8) is 0 Å². The molecule has 3 rings (SSSR count). The number of aromatic nitrogens is 1. The Balaban J connectivity index is 1.73. The van der Waals surface area contributed by atoms with Gasteiger partial charge in [0.05, 0.1) is 17.1 Å². The molecule has 0 bridgehead atoms. The number of pyridine rings is 1. The number of nitriles is 1. The van der Waals surface area contributed by atoms with Gasteiger partial charge in [0.1, 0.15) is 11.9 Å². The van der Waals surface area contributed by atoms with E-state index in [-0.39, 0.29) is 17.4 Å². The lowest BCUT2D eigenvalue weighted by Crippen LogP contribution is -2.17. The summed E-state index contributed by atoms with van der Waals surface area (Å²) in [6, 6.07) is 4.09. The standard InChI is InChI=1S/C14H17N3O2S/c15-7-12-6-11-2-1-3-13(11)17-14(12)16-8-10-4-5-20(18,19)9-10/h6,10H,1-5,8-9H2,(H,16,17). The van der Waals surface area contributed by atoms with Gasteiger partial charge in [0, 0.05) is 12.2 Å². The number of rotatable bonds is 3. The summed E-state index contributed by atoms with van der Waals surface area (Å²) in [7, 11) is -2.85. The van der Waals surface area contributed by atoms with E-state index < -0.39 is 9.84 Å². The molecule has 1 aromatic heterocycles. The van der Waals surface area contributed by atoms with E-state index in [1.165, 1.54) is 5.56 Å². The summed E-state index contributed by atoms with van der Waals surface area (Å²) in [5.74, 6) is 1.26. The van der Waals surface area contributed by atoms with E-state index in [0.29, 0.717) is 24.3 Å². The Morgan fingerprint density at radius 2 is 2.30 bits per heavy atom. The summed E-state index contributed by atoms with van der Waals surface area (Å²) in [4.78, 5) is 4.54. The van der Waals surface area contributed by atoms with Crippen molar-refractivity contribution >= 4 is 15.7 Å². The number of hydrogen-bond donors (Lipinski definition) is 1. The fourth-order valence-corrected chi connectivity index (χ4v) is 4.83. The summed E-state index contributed by atoms with van der Waals surface area (Å²) in [5.41, 5.74) is 2.81. The summed E-state index contributed by atoms with van der Waals surface area (Å²) in [6.45, 7) is 0.569. The normalized spacial score (nSPS) is 23.2. The summed E-state index contributed by atoms with van der Waals surface area (Å²) < 4.78 is 22.9. The maximum absolute atomic E-state index is 11.4. The molecule has 1 saturated heterocycles. The van der Waals surface area contributed by atoms with Gasteiger partial charge < -0.3 is 5.32 Å². The van der Waals surface area contributed by atoms with E-state index in [2.05, 4.69) is 16.4 Å². The third-order valence-electron chi connectivity index (χ3n) is 4.06. The Morgan fingerprint density at radius 1 is 1.45 bits per heavy atom. The lowest BCUT2D eigenvalue weighted by molar-refractivity contribution is 0.595. The van der Waals surface area contributed by atoms with Crippen LogP contribution in [0.25, 0.3) is 0 Å². The number of hydrogen-bond acceptors (Lipinski definition) is 5. The number of anilines is 1. The SMILES string of the molecule is N#Cc1cc2c(nc1NCC1CCS(=O)(=O)C1)CCC2. The second-order valence-corrected chi connectivity index (χ2v) is 7.83. The molecule has 1 fully saturated rings. The molecular formula is C14H17N3O2S. The molecule has 0 amide bonds. The van der Waals surface area contributed by atoms with Crippen LogP contribution < -0.4 is 5.32 Å². The van der Waals surface area contributed by atoms with E-state index in [9.17, 15) is 13.7 Å². The van der Waals surface area contributed by atoms with E-state index >= 15 is 0 Å². The molecule has 1 N–H and O–H groups in total.